The molecule has 5 heteroatoms. The van der Waals surface area contributed by atoms with Crippen molar-refractivity contribution in [2.45, 2.75) is 45.1 Å². The third-order valence-electron chi connectivity index (χ3n) is 6.13. The molecule has 2 aliphatic heterocycles. The molecular weight excluding hydrogens is 336 g/mol. The first-order chi connectivity index (χ1) is 13.1. The minimum absolute atomic E-state index is 0.204. The zero-order valence-electron chi connectivity index (χ0n) is 16.1. The van der Waals surface area contributed by atoms with E-state index in [-0.39, 0.29) is 5.91 Å². The molecule has 3 aliphatic rings. The van der Waals surface area contributed by atoms with E-state index in [2.05, 4.69) is 31.9 Å². The van der Waals surface area contributed by atoms with E-state index in [1.165, 1.54) is 18.4 Å². The van der Waals surface area contributed by atoms with E-state index in [4.69, 9.17) is 0 Å². The third-order valence-corrected chi connectivity index (χ3v) is 6.13. The number of rotatable bonds is 3. The second-order valence-corrected chi connectivity index (χ2v) is 8.43. The number of hydrogen-bond acceptors (Lipinski definition) is 4. The van der Waals surface area contributed by atoms with E-state index in [0.717, 1.165) is 49.0 Å². The Labute approximate surface area is 160 Å². The molecule has 5 rings (SSSR count). The molecule has 1 amide bonds. The van der Waals surface area contributed by atoms with Crippen LogP contribution in [-0.2, 0) is 0 Å². The molecule has 3 heterocycles. The molecular formula is C22H26N4O. The molecule has 0 spiro atoms. The number of amides is 1. The second-order valence-electron chi connectivity index (χ2n) is 8.43. The van der Waals surface area contributed by atoms with Crippen molar-refractivity contribution >= 4 is 11.9 Å². The van der Waals surface area contributed by atoms with Gasteiger partial charge in [-0.2, -0.15) is 0 Å². The first-order valence-electron chi connectivity index (χ1n) is 10.1. The summed E-state index contributed by atoms with van der Waals surface area (Å²) in [5.74, 6) is 2.13. The normalized spacial score (nSPS) is 24.4. The largest absolute Gasteiger partial charge is 0.336 e. The Balaban J connectivity index is 1.38. The Hall–Kier alpha value is -2.43. The lowest BCUT2D eigenvalue weighted by molar-refractivity contribution is 0.0693. The highest BCUT2D eigenvalue weighted by Gasteiger charge is 2.42. The molecule has 0 radical (unpaired) electrons. The molecule has 3 fully saturated rings. The zero-order chi connectivity index (χ0) is 18.5. The van der Waals surface area contributed by atoms with Crippen molar-refractivity contribution in [2.75, 3.05) is 24.5 Å². The average Bonchev–Trinajstić information content (AvgIpc) is 3.45. The molecule has 2 aromatic rings. The lowest BCUT2D eigenvalue weighted by atomic mass is 9.97. The van der Waals surface area contributed by atoms with Crippen LogP contribution in [0.4, 0.5) is 5.95 Å². The summed E-state index contributed by atoms with van der Waals surface area (Å²) < 4.78 is 0. The van der Waals surface area contributed by atoms with Gasteiger partial charge < -0.3 is 9.80 Å². The summed E-state index contributed by atoms with van der Waals surface area (Å²) in [7, 11) is 0. The fourth-order valence-electron chi connectivity index (χ4n) is 4.82. The van der Waals surface area contributed by atoms with Crippen molar-refractivity contribution in [3.8, 4) is 0 Å². The van der Waals surface area contributed by atoms with Gasteiger partial charge in [0.2, 0.25) is 5.95 Å². The summed E-state index contributed by atoms with van der Waals surface area (Å²) in [5.41, 5.74) is 4.17. The van der Waals surface area contributed by atoms with Gasteiger partial charge in [0, 0.05) is 42.6 Å². The predicted octanol–water partition coefficient (Wildman–Crippen LogP) is 3.32. The Morgan fingerprint density at radius 2 is 1.78 bits per heavy atom. The number of nitrogens with zero attached hydrogens (tertiary/aromatic N) is 4. The molecule has 2 unspecified atom stereocenters. The number of anilines is 1. The fraction of sp³-hybridized carbons (Fsp3) is 0.500. The molecule has 27 heavy (non-hydrogen) atoms. The number of hydrogen-bond donors (Lipinski definition) is 0. The maximum Gasteiger partial charge on any atom is 0.254 e. The number of carbonyl (C=O) groups excluding carboxylic acids is 1. The summed E-state index contributed by atoms with van der Waals surface area (Å²) in [5, 5.41) is 0. The number of carbonyl (C=O) groups is 1. The first-order valence-corrected chi connectivity index (χ1v) is 10.1. The summed E-state index contributed by atoms with van der Waals surface area (Å²) in [4.78, 5) is 27.0. The minimum Gasteiger partial charge on any atom is -0.336 e. The topological polar surface area (TPSA) is 49.3 Å². The second kappa shape index (κ2) is 6.32. The van der Waals surface area contributed by atoms with E-state index < -0.39 is 0 Å². The highest BCUT2D eigenvalue weighted by atomic mass is 16.2. The van der Waals surface area contributed by atoms with Gasteiger partial charge in [-0.15, -0.1) is 0 Å². The Morgan fingerprint density at radius 3 is 2.52 bits per heavy atom. The van der Waals surface area contributed by atoms with Crippen LogP contribution in [0.2, 0.25) is 0 Å². The monoisotopic (exact) mass is 362 g/mol. The van der Waals surface area contributed by atoms with Crippen LogP contribution in [0.1, 0.15) is 52.5 Å². The van der Waals surface area contributed by atoms with Crippen molar-refractivity contribution < 1.29 is 4.79 Å². The van der Waals surface area contributed by atoms with E-state index in [1.54, 1.807) is 0 Å². The van der Waals surface area contributed by atoms with Gasteiger partial charge in [-0.25, -0.2) is 9.97 Å². The average molecular weight is 362 g/mol. The summed E-state index contributed by atoms with van der Waals surface area (Å²) >= 11 is 0. The number of piperidine rings is 1. The number of likely N-dealkylation sites (tertiary alicyclic amines) is 1. The van der Waals surface area contributed by atoms with E-state index in [1.807, 2.05) is 32.0 Å². The van der Waals surface area contributed by atoms with Crippen LogP contribution in [0.5, 0.6) is 0 Å². The van der Waals surface area contributed by atoms with Crippen molar-refractivity contribution in [2.24, 2.45) is 5.92 Å². The maximum atomic E-state index is 13.3. The summed E-state index contributed by atoms with van der Waals surface area (Å²) in [6, 6.07) is 10.5. The molecule has 2 atom stereocenters. The van der Waals surface area contributed by atoms with Gasteiger partial charge in [0.25, 0.3) is 5.91 Å². The van der Waals surface area contributed by atoms with Gasteiger partial charge in [-0.3, -0.25) is 4.79 Å². The van der Waals surface area contributed by atoms with Crippen LogP contribution in [-0.4, -0.2) is 46.5 Å². The van der Waals surface area contributed by atoms with Crippen LogP contribution < -0.4 is 4.90 Å². The van der Waals surface area contributed by atoms with Gasteiger partial charge in [0.05, 0.1) is 0 Å². The molecule has 1 aliphatic carbocycles. The molecule has 2 bridgehead atoms. The first kappa shape index (κ1) is 16.7. The van der Waals surface area contributed by atoms with Crippen molar-refractivity contribution in [3.05, 3.63) is 52.8 Å². The van der Waals surface area contributed by atoms with Crippen molar-refractivity contribution in [1.29, 1.82) is 0 Å². The SMILES string of the molecule is Cc1cc(C)nc(N2CC3CC2CN(C(=O)c2ccccc2C2CC2)C3)n1. The van der Waals surface area contributed by atoms with Gasteiger partial charge >= 0.3 is 0 Å². The highest BCUT2D eigenvalue weighted by Crippen LogP contribution is 2.42. The van der Waals surface area contributed by atoms with Gasteiger partial charge in [0.15, 0.2) is 0 Å². The number of benzene rings is 1. The third kappa shape index (κ3) is 3.09. The van der Waals surface area contributed by atoms with Gasteiger partial charge in [-0.05, 0) is 62.6 Å². The predicted molar refractivity (Wildman–Crippen MR) is 105 cm³/mol. The quantitative estimate of drug-likeness (QED) is 0.840. The van der Waals surface area contributed by atoms with Crippen molar-refractivity contribution in [3.63, 3.8) is 0 Å². The van der Waals surface area contributed by atoms with E-state index in [0.29, 0.717) is 17.9 Å². The van der Waals surface area contributed by atoms with Crippen LogP contribution in [0, 0.1) is 19.8 Å². The smallest absolute Gasteiger partial charge is 0.254 e. The summed E-state index contributed by atoms with van der Waals surface area (Å²) in [6.45, 7) is 6.60. The van der Waals surface area contributed by atoms with Crippen LogP contribution in [0.15, 0.2) is 30.3 Å². The Kier molecular flexibility index (Phi) is 3.92. The van der Waals surface area contributed by atoms with E-state index in [9.17, 15) is 4.79 Å². The van der Waals surface area contributed by atoms with Crippen LogP contribution in [0.25, 0.3) is 0 Å². The minimum atomic E-state index is 0.204. The number of aryl methyl sites for hydroxylation is 2. The van der Waals surface area contributed by atoms with Crippen LogP contribution >= 0.6 is 0 Å². The van der Waals surface area contributed by atoms with Gasteiger partial charge in [-0.1, -0.05) is 18.2 Å². The molecule has 1 saturated carbocycles. The molecule has 5 nitrogen and oxygen atoms in total. The molecule has 0 N–H and O–H groups in total. The van der Waals surface area contributed by atoms with Gasteiger partial charge in [0.1, 0.15) is 0 Å². The van der Waals surface area contributed by atoms with Crippen LogP contribution in [0.3, 0.4) is 0 Å². The molecule has 2 saturated heterocycles. The van der Waals surface area contributed by atoms with Crippen molar-refractivity contribution in [1.82, 2.24) is 14.9 Å². The van der Waals surface area contributed by atoms with E-state index >= 15 is 0 Å². The maximum absolute atomic E-state index is 13.3. The molecule has 140 valence electrons. The highest BCUT2D eigenvalue weighted by molar-refractivity contribution is 5.96. The fourth-order valence-corrected chi connectivity index (χ4v) is 4.82. The Bertz CT molecular complexity index is 871. The number of aromatic nitrogens is 2. The Morgan fingerprint density at radius 1 is 1.04 bits per heavy atom. The molecule has 1 aromatic carbocycles. The lowest BCUT2D eigenvalue weighted by Crippen LogP contribution is -2.45. The summed E-state index contributed by atoms with van der Waals surface area (Å²) in [6.07, 6.45) is 3.56. The molecule has 1 aromatic heterocycles. The zero-order valence-corrected chi connectivity index (χ0v) is 16.1. The standard InChI is InChI=1S/C22H26N4O/c1-14-9-15(2)24-22(23-14)26-12-16-10-18(26)13-25(11-16)21(27)20-6-4-3-5-19(20)17-7-8-17/h3-6,9,16-18H,7-8,10-13H2,1-2H3. The number of fused-ring (bicyclic) bond motifs is 2. The lowest BCUT2D eigenvalue weighted by Gasteiger charge is -2.33.